The third kappa shape index (κ3) is 4.17. The smallest absolute Gasteiger partial charge is 0.309 e. The first-order chi connectivity index (χ1) is 16.9. The lowest BCUT2D eigenvalue weighted by atomic mass is 9.96. The number of hydrogen-bond donors (Lipinski definition) is 2. The monoisotopic (exact) mass is 467 g/mol. The summed E-state index contributed by atoms with van der Waals surface area (Å²) >= 11 is 0. The topological polar surface area (TPSA) is 124 Å². The number of aliphatic carboxylic acids is 1. The molecule has 0 spiro atoms. The second-order valence-corrected chi connectivity index (χ2v) is 8.19. The highest BCUT2D eigenvalue weighted by Gasteiger charge is 2.31. The summed E-state index contributed by atoms with van der Waals surface area (Å²) in [6, 6.07) is 21.9. The molecule has 0 unspecified atom stereocenters. The van der Waals surface area contributed by atoms with Crippen molar-refractivity contribution in [3.8, 4) is 11.5 Å². The Hall–Kier alpha value is -4.72. The number of benzene rings is 3. The van der Waals surface area contributed by atoms with Crippen molar-refractivity contribution in [3.63, 3.8) is 0 Å². The Morgan fingerprint density at radius 1 is 0.971 bits per heavy atom. The molecule has 2 heterocycles. The van der Waals surface area contributed by atoms with Crippen molar-refractivity contribution in [2.75, 3.05) is 6.54 Å². The third-order valence-electron chi connectivity index (χ3n) is 5.88. The molecule has 4 aromatic rings. The summed E-state index contributed by atoms with van der Waals surface area (Å²) in [5.41, 5.74) is 8.34. The van der Waals surface area contributed by atoms with Crippen molar-refractivity contribution in [2.45, 2.75) is 13.0 Å². The van der Waals surface area contributed by atoms with Gasteiger partial charge in [-0.05, 0) is 42.0 Å². The zero-order valence-corrected chi connectivity index (χ0v) is 18.6. The number of rotatable bonds is 7. The lowest BCUT2D eigenvalue weighted by Crippen LogP contribution is -2.24. The molecule has 0 bridgehead atoms. The number of nitrogens with two attached hydrogens (primary N) is 1. The molecule has 0 atom stereocenters. The minimum absolute atomic E-state index is 0.173. The molecule has 35 heavy (non-hydrogen) atoms. The van der Waals surface area contributed by atoms with E-state index in [0.717, 1.165) is 11.3 Å². The first kappa shape index (κ1) is 22.1. The number of Topliss-reactive ketones (excluding diaryl/α,β-unsaturated/α-hetero) is 1. The molecule has 1 amide bonds. The molecule has 0 fully saturated rings. The lowest BCUT2D eigenvalue weighted by Gasteiger charge is -2.16. The van der Waals surface area contributed by atoms with Crippen molar-refractivity contribution in [3.05, 3.63) is 95.2 Å². The van der Waals surface area contributed by atoms with E-state index >= 15 is 0 Å². The predicted octanol–water partition coefficient (Wildman–Crippen LogP) is 4.04. The Labute approximate surface area is 200 Å². The first-order valence-corrected chi connectivity index (χ1v) is 11.0. The van der Waals surface area contributed by atoms with Crippen LogP contribution in [0.5, 0.6) is 11.5 Å². The maximum atomic E-state index is 13.0. The van der Waals surface area contributed by atoms with E-state index in [4.69, 9.17) is 10.5 Å². The molecule has 0 saturated heterocycles. The van der Waals surface area contributed by atoms with Crippen LogP contribution in [0.4, 0.5) is 0 Å². The van der Waals surface area contributed by atoms with Crippen molar-refractivity contribution >= 4 is 34.3 Å². The van der Waals surface area contributed by atoms with Crippen LogP contribution in [0.1, 0.15) is 38.4 Å². The van der Waals surface area contributed by atoms with Crippen LogP contribution in [0, 0.1) is 0 Å². The number of carboxylic acids is 1. The fraction of sp³-hybridized carbons (Fsp3) is 0.111. The maximum absolute atomic E-state index is 13.0. The minimum atomic E-state index is -1.06. The lowest BCUT2D eigenvalue weighted by molar-refractivity contribution is -0.135. The van der Waals surface area contributed by atoms with Gasteiger partial charge in [0, 0.05) is 17.5 Å². The fourth-order valence-corrected chi connectivity index (χ4v) is 4.42. The van der Waals surface area contributed by atoms with E-state index in [9.17, 15) is 19.5 Å². The first-order valence-electron chi connectivity index (χ1n) is 11.0. The van der Waals surface area contributed by atoms with E-state index in [-0.39, 0.29) is 24.3 Å². The minimum Gasteiger partial charge on any atom is -0.481 e. The van der Waals surface area contributed by atoms with E-state index in [1.165, 1.54) is 0 Å². The van der Waals surface area contributed by atoms with Gasteiger partial charge >= 0.3 is 5.97 Å². The summed E-state index contributed by atoms with van der Waals surface area (Å²) in [5, 5.41) is 9.88. The normalized spacial score (nSPS) is 12.8. The highest BCUT2D eigenvalue weighted by atomic mass is 16.5. The van der Waals surface area contributed by atoms with E-state index < -0.39 is 11.9 Å². The highest BCUT2D eigenvalue weighted by Crippen LogP contribution is 2.34. The second kappa shape index (κ2) is 8.90. The van der Waals surface area contributed by atoms with Crippen LogP contribution in [0.25, 0.3) is 10.9 Å². The molecule has 5 rings (SSSR count). The van der Waals surface area contributed by atoms with Gasteiger partial charge in [0.15, 0.2) is 5.78 Å². The molecular formula is C27H21N3O5. The van der Waals surface area contributed by atoms with Crippen molar-refractivity contribution in [1.82, 2.24) is 4.57 Å². The van der Waals surface area contributed by atoms with Gasteiger partial charge in [-0.3, -0.25) is 19.4 Å². The summed E-state index contributed by atoms with van der Waals surface area (Å²) < 4.78 is 7.70. The SMILES string of the molecule is NC(=O)c1cccc2c1c1c(n2Cc2ccc(Oc3ccccc3)cc2)C(CC(=O)O)=NCC1=O. The van der Waals surface area contributed by atoms with E-state index in [1.54, 1.807) is 18.2 Å². The number of aliphatic imine (C=N–C) groups is 1. The average Bonchev–Trinajstić information content (AvgIpc) is 3.18. The molecule has 0 radical (unpaired) electrons. The van der Waals surface area contributed by atoms with Crippen molar-refractivity contribution in [2.24, 2.45) is 10.7 Å². The van der Waals surface area contributed by atoms with Crippen LogP contribution in [-0.4, -0.2) is 39.6 Å². The van der Waals surface area contributed by atoms with E-state index in [1.807, 2.05) is 59.2 Å². The largest absolute Gasteiger partial charge is 0.481 e. The number of primary amides is 1. The van der Waals surface area contributed by atoms with Gasteiger partial charge < -0.3 is 20.1 Å². The Morgan fingerprint density at radius 3 is 2.37 bits per heavy atom. The second-order valence-electron chi connectivity index (χ2n) is 8.19. The third-order valence-corrected chi connectivity index (χ3v) is 5.88. The number of aromatic nitrogens is 1. The zero-order chi connectivity index (χ0) is 24.5. The number of para-hydroxylation sites is 1. The van der Waals surface area contributed by atoms with E-state index in [2.05, 4.69) is 4.99 Å². The fourth-order valence-electron chi connectivity index (χ4n) is 4.42. The summed E-state index contributed by atoms with van der Waals surface area (Å²) in [7, 11) is 0. The van der Waals surface area contributed by atoms with Crippen LogP contribution in [0.15, 0.2) is 77.8 Å². The van der Waals surface area contributed by atoms with Crippen molar-refractivity contribution < 1.29 is 24.2 Å². The number of amides is 1. The number of fused-ring (bicyclic) bond motifs is 3. The summed E-state index contributed by atoms with van der Waals surface area (Å²) in [6.07, 6.45) is -0.341. The van der Waals surface area contributed by atoms with Gasteiger partial charge in [0.1, 0.15) is 18.0 Å². The predicted molar refractivity (Wildman–Crippen MR) is 131 cm³/mol. The number of carbonyl (C=O) groups excluding carboxylic acids is 2. The van der Waals surface area contributed by atoms with Gasteiger partial charge in [0.05, 0.1) is 28.9 Å². The quantitative estimate of drug-likeness (QED) is 0.424. The molecule has 1 aliphatic rings. The standard InChI is InChI=1S/C27H21N3O5/c28-27(34)19-7-4-8-21-24(19)25-22(31)14-29-20(13-23(32)33)26(25)30(21)15-16-9-11-18(12-10-16)35-17-5-2-1-3-6-17/h1-12H,13-15H2,(H2,28,34)(H,32,33). The van der Waals surface area contributed by atoms with Gasteiger partial charge in [-0.25, -0.2) is 0 Å². The molecule has 3 N–H and O–H groups in total. The van der Waals surface area contributed by atoms with Gasteiger partial charge in [0.25, 0.3) is 0 Å². The van der Waals surface area contributed by atoms with Gasteiger partial charge in [-0.2, -0.15) is 0 Å². The average molecular weight is 467 g/mol. The number of nitrogens with zero attached hydrogens (tertiary/aromatic N) is 2. The Balaban J connectivity index is 1.60. The van der Waals surface area contributed by atoms with Crippen LogP contribution >= 0.6 is 0 Å². The van der Waals surface area contributed by atoms with E-state index in [0.29, 0.717) is 40.2 Å². The maximum Gasteiger partial charge on any atom is 0.309 e. The molecule has 8 heteroatoms. The number of ketones is 1. The Kier molecular flexibility index (Phi) is 5.62. The Bertz CT molecular complexity index is 1500. The molecule has 1 aliphatic heterocycles. The summed E-state index contributed by atoms with van der Waals surface area (Å²) in [4.78, 5) is 40.9. The van der Waals surface area contributed by atoms with Crippen LogP contribution in [0.2, 0.25) is 0 Å². The van der Waals surface area contributed by atoms with Gasteiger partial charge in [-0.15, -0.1) is 0 Å². The van der Waals surface area contributed by atoms with Gasteiger partial charge in [0.2, 0.25) is 5.91 Å². The molecule has 0 saturated carbocycles. The molecule has 0 aliphatic carbocycles. The molecule has 3 aromatic carbocycles. The highest BCUT2D eigenvalue weighted by molar-refractivity contribution is 6.26. The number of ether oxygens (including phenoxy) is 1. The van der Waals surface area contributed by atoms with Crippen LogP contribution in [-0.2, 0) is 11.3 Å². The van der Waals surface area contributed by atoms with Crippen LogP contribution in [0.3, 0.4) is 0 Å². The number of carboxylic acid groups (broad SMARTS) is 1. The molecule has 8 nitrogen and oxygen atoms in total. The molecular weight excluding hydrogens is 446 g/mol. The molecule has 1 aromatic heterocycles. The Morgan fingerprint density at radius 2 is 1.69 bits per heavy atom. The van der Waals surface area contributed by atoms with Crippen LogP contribution < -0.4 is 10.5 Å². The van der Waals surface area contributed by atoms with Gasteiger partial charge in [-0.1, -0.05) is 36.4 Å². The molecule has 174 valence electrons. The summed E-state index contributed by atoms with van der Waals surface area (Å²) in [5.74, 6) is -0.610. The van der Waals surface area contributed by atoms with Crippen molar-refractivity contribution in [1.29, 1.82) is 0 Å². The number of carbonyl (C=O) groups is 3. The number of hydrogen-bond acceptors (Lipinski definition) is 5. The zero-order valence-electron chi connectivity index (χ0n) is 18.6. The summed E-state index contributed by atoms with van der Waals surface area (Å²) in [6.45, 7) is 0.152.